The predicted octanol–water partition coefficient (Wildman–Crippen LogP) is 6.10. The van der Waals surface area contributed by atoms with Crippen molar-refractivity contribution in [2.75, 3.05) is 25.4 Å². The maximum absolute atomic E-state index is 13.1. The molecular weight excluding hydrogens is 530 g/mol. The van der Waals surface area contributed by atoms with Gasteiger partial charge in [0.1, 0.15) is 0 Å². The van der Waals surface area contributed by atoms with Crippen molar-refractivity contribution >= 4 is 23.6 Å². The SMILES string of the molecule is Cc1ccc(-c2nnc(SCCCC(=O)N3CCN(C(=O)c4ccccc4C)C(C)C3)n2-c2ccccc2C)cc1. The molecule has 4 aromatic rings. The monoisotopic (exact) mass is 567 g/mol. The Bertz CT molecular complexity index is 1530. The van der Waals surface area contributed by atoms with Crippen LogP contribution in [0.5, 0.6) is 0 Å². The fraction of sp³-hybridized carbons (Fsp3) is 0.333. The molecule has 1 aromatic heterocycles. The minimum atomic E-state index is -0.0259. The number of piperazine rings is 1. The first-order valence-corrected chi connectivity index (χ1v) is 15.2. The number of aromatic nitrogens is 3. The van der Waals surface area contributed by atoms with Gasteiger partial charge in [-0.25, -0.2) is 0 Å². The number of amides is 2. The molecule has 212 valence electrons. The van der Waals surface area contributed by atoms with Crippen molar-refractivity contribution in [2.24, 2.45) is 0 Å². The molecular formula is C33H37N5O2S. The van der Waals surface area contributed by atoms with E-state index in [0.29, 0.717) is 26.1 Å². The molecule has 1 fully saturated rings. The zero-order valence-electron chi connectivity index (χ0n) is 24.2. The van der Waals surface area contributed by atoms with Crippen molar-refractivity contribution in [3.8, 4) is 17.1 Å². The van der Waals surface area contributed by atoms with E-state index in [0.717, 1.165) is 51.1 Å². The summed E-state index contributed by atoms with van der Waals surface area (Å²) in [6.45, 7) is 9.83. The Balaban J connectivity index is 1.19. The van der Waals surface area contributed by atoms with Gasteiger partial charge in [0.15, 0.2) is 11.0 Å². The van der Waals surface area contributed by atoms with E-state index in [9.17, 15) is 9.59 Å². The fourth-order valence-corrected chi connectivity index (χ4v) is 6.17. The highest BCUT2D eigenvalue weighted by Gasteiger charge is 2.30. The second-order valence-corrected chi connectivity index (χ2v) is 11.8. The van der Waals surface area contributed by atoms with Gasteiger partial charge in [-0.1, -0.05) is 78.0 Å². The molecule has 1 aliphatic heterocycles. The van der Waals surface area contributed by atoms with Crippen molar-refractivity contribution < 1.29 is 9.59 Å². The molecule has 5 rings (SSSR count). The highest BCUT2D eigenvalue weighted by Crippen LogP contribution is 2.30. The molecule has 7 nitrogen and oxygen atoms in total. The summed E-state index contributed by atoms with van der Waals surface area (Å²) < 4.78 is 2.12. The minimum absolute atomic E-state index is 0.0259. The summed E-state index contributed by atoms with van der Waals surface area (Å²) in [5.41, 5.74) is 6.13. The lowest BCUT2D eigenvalue weighted by Gasteiger charge is -2.40. The van der Waals surface area contributed by atoms with Crippen LogP contribution in [0, 0.1) is 20.8 Å². The lowest BCUT2D eigenvalue weighted by molar-refractivity contribution is -0.133. The van der Waals surface area contributed by atoms with Crippen molar-refractivity contribution in [1.82, 2.24) is 24.6 Å². The van der Waals surface area contributed by atoms with E-state index in [4.69, 9.17) is 0 Å². The van der Waals surface area contributed by atoms with Crippen LogP contribution in [0.15, 0.2) is 78.0 Å². The maximum Gasteiger partial charge on any atom is 0.254 e. The van der Waals surface area contributed by atoms with E-state index >= 15 is 0 Å². The zero-order chi connectivity index (χ0) is 28.9. The molecule has 2 amide bonds. The van der Waals surface area contributed by atoms with Gasteiger partial charge < -0.3 is 9.80 Å². The number of thioether (sulfide) groups is 1. The van der Waals surface area contributed by atoms with Crippen LogP contribution in [-0.4, -0.2) is 67.8 Å². The number of carbonyl (C=O) groups excluding carboxylic acids is 2. The van der Waals surface area contributed by atoms with Gasteiger partial charge in [-0.2, -0.15) is 0 Å². The molecule has 0 spiro atoms. The van der Waals surface area contributed by atoms with Crippen LogP contribution >= 0.6 is 11.8 Å². The lowest BCUT2D eigenvalue weighted by atomic mass is 10.1. The first-order chi connectivity index (χ1) is 19.8. The second-order valence-electron chi connectivity index (χ2n) is 10.7. The van der Waals surface area contributed by atoms with Crippen molar-refractivity contribution in [3.63, 3.8) is 0 Å². The summed E-state index contributed by atoms with van der Waals surface area (Å²) in [7, 11) is 0. The Morgan fingerprint density at radius 2 is 1.59 bits per heavy atom. The molecule has 1 aliphatic rings. The number of carbonyl (C=O) groups is 2. The van der Waals surface area contributed by atoms with Crippen LogP contribution in [0.1, 0.15) is 46.8 Å². The summed E-state index contributed by atoms with van der Waals surface area (Å²) >= 11 is 1.63. The number of aryl methyl sites for hydroxylation is 3. The van der Waals surface area contributed by atoms with Crippen molar-refractivity contribution in [3.05, 3.63) is 95.1 Å². The molecule has 0 radical (unpaired) electrons. The number of hydrogen-bond acceptors (Lipinski definition) is 5. The van der Waals surface area contributed by atoms with Crippen molar-refractivity contribution in [1.29, 1.82) is 0 Å². The third-order valence-corrected chi connectivity index (χ3v) is 8.70. The molecule has 1 atom stereocenters. The molecule has 0 N–H and O–H groups in total. The van der Waals surface area contributed by atoms with Crippen LogP contribution in [0.25, 0.3) is 17.1 Å². The van der Waals surface area contributed by atoms with E-state index in [1.54, 1.807) is 11.8 Å². The zero-order valence-corrected chi connectivity index (χ0v) is 25.0. The van der Waals surface area contributed by atoms with Gasteiger partial charge in [0.2, 0.25) is 5.91 Å². The summed E-state index contributed by atoms with van der Waals surface area (Å²) in [5, 5.41) is 9.93. The predicted molar refractivity (Wildman–Crippen MR) is 164 cm³/mol. The topological polar surface area (TPSA) is 71.3 Å². The number of nitrogens with zero attached hydrogens (tertiary/aromatic N) is 5. The van der Waals surface area contributed by atoms with Gasteiger partial charge in [-0.3, -0.25) is 14.2 Å². The van der Waals surface area contributed by atoms with E-state index in [2.05, 4.69) is 65.0 Å². The van der Waals surface area contributed by atoms with Gasteiger partial charge >= 0.3 is 0 Å². The standard InChI is InChI=1S/C33H37N5O2S/c1-23-15-17-27(18-16-23)31-34-35-33(38(31)29-13-8-6-11-25(29)3)41-21-9-14-30(39)36-19-20-37(26(4)22-36)32(40)28-12-7-5-10-24(28)2/h5-8,10-13,15-18,26H,9,14,19-22H2,1-4H3. The van der Waals surface area contributed by atoms with Crippen LogP contribution in [0.3, 0.4) is 0 Å². The summed E-state index contributed by atoms with van der Waals surface area (Å²) in [6, 6.07) is 24.2. The normalized spacial score (nSPS) is 15.3. The Hall–Kier alpha value is -3.91. The highest BCUT2D eigenvalue weighted by molar-refractivity contribution is 7.99. The van der Waals surface area contributed by atoms with Crippen LogP contribution in [0.4, 0.5) is 0 Å². The molecule has 0 saturated carbocycles. The van der Waals surface area contributed by atoms with Gasteiger partial charge in [0, 0.05) is 49.0 Å². The van der Waals surface area contributed by atoms with Gasteiger partial charge in [-0.05, 0) is 57.4 Å². The van der Waals surface area contributed by atoms with E-state index in [-0.39, 0.29) is 17.9 Å². The Labute approximate surface area is 246 Å². The molecule has 1 unspecified atom stereocenters. The van der Waals surface area contributed by atoms with Crippen molar-refractivity contribution in [2.45, 2.75) is 51.7 Å². The van der Waals surface area contributed by atoms with Gasteiger partial charge in [-0.15, -0.1) is 10.2 Å². The van der Waals surface area contributed by atoms with Gasteiger partial charge in [0.05, 0.1) is 5.69 Å². The molecule has 0 aliphatic carbocycles. The van der Waals surface area contributed by atoms with Gasteiger partial charge in [0.25, 0.3) is 5.91 Å². The largest absolute Gasteiger partial charge is 0.339 e. The summed E-state index contributed by atoms with van der Waals surface area (Å²) in [6.07, 6.45) is 1.20. The van der Waals surface area contributed by atoms with Crippen LogP contribution < -0.4 is 0 Å². The number of para-hydroxylation sites is 1. The third-order valence-electron chi connectivity index (χ3n) is 7.68. The molecule has 0 bridgehead atoms. The van der Waals surface area contributed by atoms with Crippen LogP contribution in [0.2, 0.25) is 0 Å². The number of hydrogen-bond donors (Lipinski definition) is 0. The average molecular weight is 568 g/mol. The first kappa shape index (κ1) is 28.6. The third kappa shape index (κ3) is 6.38. The van der Waals surface area contributed by atoms with E-state index < -0.39 is 0 Å². The molecule has 3 aromatic carbocycles. The molecule has 2 heterocycles. The summed E-state index contributed by atoms with van der Waals surface area (Å²) in [5.74, 6) is 1.75. The lowest BCUT2D eigenvalue weighted by Crippen LogP contribution is -2.55. The minimum Gasteiger partial charge on any atom is -0.339 e. The number of rotatable bonds is 8. The maximum atomic E-state index is 13.1. The van der Waals surface area contributed by atoms with E-state index in [1.165, 1.54) is 5.56 Å². The number of benzene rings is 3. The molecule has 8 heteroatoms. The second kappa shape index (κ2) is 12.7. The average Bonchev–Trinajstić information content (AvgIpc) is 3.39. The fourth-order valence-electron chi connectivity index (χ4n) is 5.28. The first-order valence-electron chi connectivity index (χ1n) is 14.2. The molecule has 41 heavy (non-hydrogen) atoms. The Morgan fingerprint density at radius 3 is 2.29 bits per heavy atom. The Morgan fingerprint density at radius 1 is 0.878 bits per heavy atom. The van der Waals surface area contributed by atoms with Crippen LogP contribution in [-0.2, 0) is 4.79 Å². The molecule has 1 saturated heterocycles. The van der Waals surface area contributed by atoms with E-state index in [1.807, 2.05) is 60.0 Å². The quantitative estimate of drug-likeness (QED) is 0.190. The highest BCUT2D eigenvalue weighted by atomic mass is 32.2. The smallest absolute Gasteiger partial charge is 0.254 e. The summed E-state index contributed by atoms with van der Waals surface area (Å²) in [4.78, 5) is 30.0. The Kier molecular flexibility index (Phi) is 8.88.